The number of benzene rings is 2. The predicted molar refractivity (Wildman–Crippen MR) is 114 cm³/mol. The highest BCUT2D eigenvalue weighted by molar-refractivity contribution is 7.89. The average Bonchev–Trinajstić information content (AvgIpc) is 3.06. The molecule has 0 fully saturated rings. The van der Waals surface area contributed by atoms with Crippen molar-refractivity contribution in [2.24, 2.45) is 0 Å². The van der Waals surface area contributed by atoms with Crippen LogP contribution in [0.3, 0.4) is 0 Å². The van der Waals surface area contributed by atoms with E-state index in [1.165, 1.54) is 24.3 Å². The lowest BCUT2D eigenvalue weighted by atomic mass is 10.2. The monoisotopic (exact) mass is 458 g/mol. The number of carbonyl (C=O) groups is 1. The lowest BCUT2D eigenvalue weighted by molar-refractivity contribution is 0.0472. The fourth-order valence-corrected chi connectivity index (χ4v) is 4.11. The van der Waals surface area contributed by atoms with E-state index in [0.717, 1.165) is 5.69 Å². The number of nitrogens with one attached hydrogen (secondary N) is 1. The summed E-state index contributed by atoms with van der Waals surface area (Å²) in [5.41, 5.74) is 2.19. The minimum Gasteiger partial charge on any atom is -0.457 e. The zero-order valence-electron chi connectivity index (χ0n) is 16.6. The molecule has 0 atom stereocenters. The quantitative estimate of drug-likeness (QED) is 0.408. The van der Waals surface area contributed by atoms with Crippen molar-refractivity contribution in [3.63, 3.8) is 0 Å². The molecule has 0 unspecified atom stereocenters. The van der Waals surface area contributed by atoms with Gasteiger partial charge in [0.25, 0.3) is 0 Å². The number of nitriles is 1. The van der Waals surface area contributed by atoms with Gasteiger partial charge >= 0.3 is 5.97 Å². The second-order valence-corrected chi connectivity index (χ2v) is 8.63. The first kappa shape index (κ1) is 22.5. The molecule has 0 spiro atoms. The molecule has 0 amide bonds. The van der Waals surface area contributed by atoms with Gasteiger partial charge < -0.3 is 4.74 Å². The van der Waals surface area contributed by atoms with Gasteiger partial charge in [0.2, 0.25) is 10.0 Å². The van der Waals surface area contributed by atoms with E-state index in [1.807, 2.05) is 36.4 Å². The molecule has 31 heavy (non-hydrogen) atoms. The SMILES string of the molecule is Cc1nn(-c2ccccc2)c(Cl)c1COC(=O)c1ccc(S(=O)(=O)NCCC#N)cc1. The molecule has 0 bridgehead atoms. The first-order valence-electron chi connectivity index (χ1n) is 9.26. The summed E-state index contributed by atoms with van der Waals surface area (Å²) in [7, 11) is -3.75. The van der Waals surface area contributed by atoms with Gasteiger partial charge in [0.1, 0.15) is 11.8 Å². The molecule has 0 saturated heterocycles. The standard InChI is InChI=1S/C21H19ClN4O4S/c1-15-19(20(22)26(25-15)17-6-3-2-4-7-17)14-30-21(27)16-8-10-18(11-9-16)31(28,29)24-13-5-12-23/h2-4,6-11,24H,5,13-14H2,1H3. The molecule has 3 rings (SSSR count). The van der Waals surface area contributed by atoms with Crippen LogP contribution in [0.15, 0.2) is 59.5 Å². The van der Waals surface area contributed by atoms with E-state index in [4.69, 9.17) is 21.6 Å². The van der Waals surface area contributed by atoms with Gasteiger partial charge in [0, 0.05) is 18.5 Å². The van der Waals surface area contributed by atoms with Crippen LogP contribution in [0.1, 0.15) is 28.0 Å². The average molecular weight is 459 g/mol. The first-order chi connectivity index (χ1) is 14.8. The second kappa shape index (κ2) is 9.75. The Morgan fingerprint density at radius 3 is 2.52 bits per heavy atom. The Bertz CT molecular complexity index is 1220. The van der Waals surface area contributed by atoms with Crippen molar-refractivity contribution in [2.75, 3.05) is 6.54 Å². The van der Waals surface area contributed by atoms with Crippen LogP contribution in [0, 0.1) is 18.3 Å². The Morgan fingerprint density at radius 2 is 1.87 bits per heavy atom. The largest absolute Gasteiger partial charge is 0.457 e. The molecule has 0 saturated carbocycles. The Morgan fingerprint density at radius 1 is 1.19 bits per heavy atom. The molecular weight excluding hydrogens is 440 g/mol. The number of esters is 1. The van der Waals surface area contributed by atoms with Crippen LogP contribution in [0.5, 0.6) is 0 Å². The summed E-state index contributed by atoms with van der Waals surface area (Å²) in [4.78, 5) is 12.4. The summed E-state index contributed by atoms with van der Waals surface area (Å²) >= 11 is 6.43. The van der Waals surface area contributed by atoms with Crippen LogP contribution in [-0.4, -0.2) is 30.7 Å². The number of ether oxygens (including phenoxy) is 1. The van der Waals surface area contributed by atoms with E-state index < -0.39 is 16.0 Å². The van der Waals surface area contributed by atoms with Crippen LogP contribution in [-0.2, 0) is 21.4 Å². The van der Waals surface area contributed by atoms with Gasteiger partial charge in [0.15, 0.2) is 0 Å². The number of carbonyl (C=O) groups excluding carboxylic acids is 1. The molecule has 1 heterocycles. The van der Waals surface area contributed by atoms with E-state index in [-0.39, 0.29) is 30.0 Å². The van der Waals surface area contributed by atoms with Gasteiger partial charge in [-0.15, -0.1) is 0 Å². The van der Waals surface area contributed by atoms with Crippen molar-refractivity contribution in [3.05, 3.63) is 76.6 Å². The molecule has 0 aliphatic rings. The highest BCUT2D eigenvalue weighted by Gasteiger charge is 2.18. The number of hydrogen-bond donors (Lipinski definition) is 1. The lowest BCUT2D eigenvalue weighted by Crippen LogP contribution is -2.24. The smallest absolute Gasteiger partial charge is 0.338 e. The molecule has 0 aliphatic heterocycles. The van der Waals surface area contributed by atoms with Crippen molar-refractivity contribution < 1.29 is 17.9 Å². The van der Waals surface area contributed by atoms with Crippen LogP contribution < -0.4 is 4.72 Å². The van der Waals surface area contributed by atoms with Crippen LogP contribution in [0.25, 0.3) is 5.69 Å². The Kier molecular flexibility index (Phi) is 7.07. The van der Waals surface area contributed by atoms with E-state index in [1.54, 1.807) is 11.6 Å². The number of halogens is 1. The number of aryl methyl sites for hydroxylation is 1. The predicted octanol–water partition coefficient (Wildman–Crippen LogP) is 3.38. The highest BCUT2D eigenvalue weighted by Crippen LogP contribution is 2.24. The zero-order valence-corrected chi connectivity index (χ0v) is 18.2. The summed E-state index contributed by atoms with van der Waals surface area (Å²) in [6.07, 6.45) is 0.0620. The number of sulfonamides is 1. The molecule has 2 aromatic carbocycles. The summed E-state index contributed by atoms with van der Waals surface area (Å²) in [6, 6.07) is 16.5. The molecule has 10 heteroatoms. The van der Waals surface area contributed by atoms with Gasteiger partial charge in [-0.3, -0.25) is 0 Å². The molecule has 160 valence electrons. The minimum absolute atomic E-state index is 0.00924. The van der Waals surface area contributed by atoms with E-state index in [2.05, 4.69) is 9.82 Å². The molecule has 3 aromatic rings. The molecule has 1 N–H and O–H groups in total. The lowest BCUT2D eigenvalue weighted by Gasteiger charge is -2.07. The summed E-state index contributed by atoms with van der Waals surface area (Å²) in [5.74, 6) is -0.621. The third-order valence-corrected chi connectivity index (χ3v) is 6.26. The number of nitrogens with zero attached hydrogens (tertiary/aromatic N) is 3. The normalized spacial score (nSPS) is 11.1. The van der Waals surface area contributed by atoms with Crippen molar-refractivity contribution in [1.82, 2.24) is 14.5 Å². The summed E-state index contributed by atoms with van der Waals surface area (Å²) in [5, 5.41) is 13.3. The van der Waals surface area contributed by atoms with Crippen LogP contribution in [0.2, 0.25) is 5.15 Å². The number of aromatic nitrogens is 2. The van der Waals surface area contributed by atoms with E-state index in [0.29, 0.717) is 16.4 Å². The number of para-hydroxylation sites is 1. The maximum Gasteiger partial charge on any atom is 0.338 e. The Hall–Kier alpha value is -3.19. The van der Waals surface area contributed by atoms with Gasteiger partial charge in [-0.1, -0.05) is 29.8 Å². The second-order valence-electron chi connectivity index (χ2n) is 6.51. The maximum absolute atomic E-state index is 12.4. The fourth-order valence-electron chi connectivity index (χ4n) is 2.75. The van der Waals surface area contributed by atoms with Crippen molar-refractivity contribution >= 4 is 27.6 Å². The molecule has 1 aromatic heterocycles. The van der Waals surface area contributed by atoms with Gasteiger partial charge in [-0.2, -0.15) is 10.4 Å². The number of rotatable bonds is 8. The van der Waals surface area contributed by atoms with Crippen LogP contribution >= 0.6 is 11.6 Å². The van der Waals surface area contributed by atoms with Crippen LogP contribution in [0.4, 0.5) is 0 Å². The van der Waals surface area contributed by atoms with Gasteiger partial charge in [-0.25, -0.2) is 22.6 Å². The third kappa shape index (κ3) is 5.30. The Balaban J connectivity index is 1.68. The van der Waals surface area contributed by atoms with E-state index in [9.17, 15) is 13.2 Å². The molecular formula is C21H19ClN4O4S. The summed E-state index contributed by atoms with van der Waals surface area (Å²) in [6.45, 7) is 1.71. The van der Waals surface area contributed by atoms with Crippen molar-refractivity contribution in [3.8, 4) is 11.8 Å². The number of hydrogen-bond acceptors (Lipinski definition) is 6. The molecule has 8 nitrogen and oxygen atoms in total. The highest BCUT2D eigenvalue weighted by atomic mass is 35.5. The first-order valence-corrected chi connectivity index (χ1v) is 11.1. The Labute approximate surface area is 185 Å². The topological polar surface area (TPSA) is 114 Å². The van der Waals surface area contributed by atoms with Gasteiger partial charge in [-0.05, 0) is 43.3 Å². The van der Waals surface area contributed by atoms with Gasteiger partial charge in [0.05, 0.1) is 27.9 Å². The van der Waals surface area contributed by atoms with Crippen molar-refractivity contribution in [1.29, 1.82) is 5.26 Å². The third-order valence-electron chi connectivity index (χ3n) is 4.40. The summed E-state index contributed by atoms with van der Waals surface area (Å²) < 4.78 is 33.5. The van der Waals surface area contributed by atoms with E-state index >= 15 is 0 Å². The fraction of sp³-hybridized carbons (Fsp3) is 0.190. The maximum atomic E-state index is 12.4. The zero-order chi connectivity index (χ0) is 22.4. The van der Waals surface area contributed by atoms with Crippen molar-refractivity contribution in [2.45, 2.75) is 24.8 Å². The molecule has 0 aliphatic carbocycles. The minimum atomic E-state index is -3.75. The molecule has 0 radical (unpaired) electrons.